The third-order valence-electron chi connectivity index (χ3n) is 2.32. The summed E-state index contributed by atoms with van der Waals surface area (Å²) in [6.07, 6.45) is 0. The Kier molecular flexibility index (Phi) is 3.92. The summed E-state index contributed by atoms with van der Waals surface area (Å²) >= 11 is 1.30. The van der Waals surface area contributed by atoms with Gasteiger partial charge in [-0.1, -0.05) is 13.8 Å². The molecule has 0 radical (unpaired) electrons. The molecule has 1 N–H and O–H groups in total. The van der Waals surface area contributed by atoms with Crippen LogP contribution in [-0.2, 0) is 10.0 Å². The maximum Gasteiger partial charge on any atom is 0.250 e. The van der Waals surface area contributed by atoms with Gasteiger partial charge in [0.2, 0.25) is 10.0 Å². The molecule has 0 saturated heterocycles. The van der Waals surface area contributed by atoms with Crippen LogP contribution < -0.4 is 4.72 Å². The van der Waals surface area contributed by atoms with Gasteiger partial charge in [-0.15, -0.1) is 11.3 Å². The van der Waals surface area contributed by atoms with Crippen LogP contribution in [0.1, 0.15) is 25.6 Å². The number of hydrogen-bond acceptors (Lipinski definition) is 3. The van der Waals surface area contributed by atoms with Gasteiger partial charge in [-0.2, -0.15) is 0 Å². The predicted octanol–water partition coefficient (Wildman–Crippen LogP) is 2.38. The molecule has 0 fully saturated rings. The summed E-state index contributed by atoms with van der Waals surface area (Å²) < 4.78 is 26.8. The van der Waals surface area contributed by atoms with E-state index < -0.39 is 10.0 Å². The SMILES string of the molecule is Cc1ccc(S(=O)(=O)NC(C)C(C)C)s1. The Labute approximate surface area is 95.6 Å². The lowest BCUT2D eigenvalue weighted by Crippen LogP contribution is -2.35. The highest BCUT2D eigenvalue weighted by Gasteiger charge is 2.20. The molecule has 0 spiro atoms. The molecule has 86 valence electrons. The van der Waals surface area contributed by atoms with Crippen LogP contribution in [0.3, 0.4) is 0 Å². The third kappa shape index (κ3) is 3.29. The van der Waals surface area contributed by atoms with Gasteiger partial charge in [-0.25, -0.2) is 13.1 Å². The second-order valence-electron chi connectivity index (χ2n) is 4.02. The van der Waals surface area contributed by atoms with Crippen LogP contribution >= 0.6 is 11.3 Å². The smallest absolute Gasteiger partial charge is 0.207 e. The minimum Gasteiger partial charge on any atom is -0.207 e. The van der Waals surface area contributed by atoms with Gasteiger partial charge in [-0.05, 0) is 31.9 Å². The number of thiophene rings is 1. The predicted molar refractivity (Wildman–Crippen MR) is 63.7 cm³/mol. The van der Waals surface area contributed by atoms with E-state index in [-0.39, 0.29) is 6.04 Å². The van der Waals surface area contributed by atoms with Crippen LogP contribution in [0.5, 0.6) is 0 Å². The summed E-state index contributed by atoms with van der Waals surface area (Å²) in [6, 6.07) is 3.42. The molecule has 0 aliphatic carbocycles. The fourth-order valence-electron chi connectivity index (χ4n) is 0.995. The van der Waals surface area contributed by atoms with Crippen molar-refractivity contribution in [3.8, 4) is 0 Å². The molecule has 1 rings (SSSR count). The molecule has 0 amide bonds. The molecule has 0 bridgehead atoms. The average molecular weight is 247 g/mol. The first-order chi connectivity index (χ1) is 6.83. The Balaban J connectivity index is 2.85. The van der Waals surface area contributed by atoms with E-state index in [0.29, 0.717) is 10.1 Å². The topological polar surface area (TPSA) is 46.2 Å². The monoisotopic (exact) mass is 247 g/mol. The van der Waals surface area contributed by atoms with E-state index in [1.165, 1.54) is 11.3 Å². The highest BCUT2D eigenvalue weighted by atomic mass is 32.2. The number of aryl methyl sites for hydroxylation is 1. The number of rotatable bonds is 4. The van der Waals surface area contributed by atoms with Gasteiger partial charge in [0.05, 0.1) is 0 Å². The first-order valence-corrected chi connectivity index (χ1v) is 7.21. The standard InChI is InChI=1S/C10H17NO2S2/c1-7(2)9(4)11-15(12,13)10-6-5-8(3)14-10/h5-7,9,11H,1-4H3. The Morgan fingerprint density at radius 2 is 1.87 bits per heavy atom. The van der Waals surface area contributed by atoms with E-state index in [4.69, 9.17) is 0 Å². The zero-order chi connectivity index (χ0) is 11.6. The molecule has 1 aromatic heterocycles. The second-order valence-corrected chi connectivity index (χ2v) is 7.25. The average Bonchev–Trinajstić information content (AvgIpc) is 2.51. The minimum atomic E-state index is -3.32. The molecular formula is C10H17NO2S2. The molecule has 0 saturated carbocycles. The summed E-state index contributed by atoms with van der Waals surface area (Å²) in [6.45, 7) is 7.76. The van der Waals surface area contributed by atoms with Crippen molar-refractivity contribution in [1.29, 1.82) is 0 Å². The second kappa shape index (κ2) is 4.63. The van der Waals surface area contributed by atoms with E-state index in [2.05, 4.69) is 4.72 Å². The quantitative estimate of drug-likeness (QED) is 0.888. The highest BCUT2D eigenvalue weighted by Crippen LogP contribution is 2.21. The fourth-order valence-corrected chi connectivity index (χ4v) is 3.69. The summed E-state index contributed by atoms with van der Waals surface area (Å²) in [5, 5.41) is 0. The zero-order valence-corrected chi connectivity index (χ0v) is 11.1. The van der Waals surface area contributed by atoms with Gasteiger partial charge in [0.25, 0.3) is 0 Å². The molecule has 1 heterocycles. The van der Waals surface area contributed by atoms with Crippen molar-refractivity contribution in [2.24, 2.45) is 5.92 Å². The molecule has 0 aliphatic rings. The van der Waals surface area contributed by atoms with Crippen LogP contribution in [0.4, 0.5) is 0 Å². The Bertz CT molecular complexity index is 420. The van der Waals surface area contributed by atoms with Crippen LogP contribution in [0.15, 0.2) is 16.3 Å². The lowest BCUT2D eigenvalue weighted by atomic mass is 10.1. The largest absolute Gasteiger partial charge is 0.250 e. The molecule has 15 heavy (non-hydrogen) atoms. The molecule has 0 aliphatic heterocycles. The van der Waals surface area contributed by atoms with Crippen molar-refractivity contribution in [3.05, 3.63) is 17.0 Å². The molecule has 1 aromatic rings. The number of sulfonamides is 1. The molecule has 0 aromatic carbocycles. The van der Waals surface area contributed by atoms with Crippen molar-refractivity contribution < 1.29 is 8.42 Å². The van der Waals surface area contributed by atoms with Crippen molar-refractivity contribution in [2.45, 2.75) is 37.9 Å². The van der Waals surface area contributed by atoms with Crippen LogP contribution in [-0.4, -0.2) is 14.5 Å². The van der Waals surface area contributed by atoms with Gasteiger partial charge in [0, 0.05) is 10.9 Å². The fraction of sp³-hybridized carbons (Fsp3) is 0.600. The van der Waals surface area contributed by atoms with E-state index >= 15 is 0 Å². The van der Waals surface area contributed by atoms with Crippen molar-refractivity contribution in [3.63, 3.8) is 0 Å². The van der Waals surface area contributed by atoms with Crippen molar-refractivity contribution in [1.82, 2.24) is 4.72 Å². The van der Waals surface area contributed by atoms with Crippen LogP contribution in [0.25, 0.3) is 0 Å². The Morgan fingerprint density at radius 1 is 1.27 bits per heavy atom. The van der Waals surface area contributed by atoms with E-state index in [1.807, 2.05) is 33.8 Å². The van der Waals surface area contributed by atoms with Crippen LogP contribution in [0.2, 0.25) is 0 Å². The third-order valence-corrected chi connectivity index (χ3v) is 5.37. The van der Waals surface area contributed by atoms with Gasteiger partial charge >= 0.3 is 0 Å². The first kappa shape index (κ1) is 12.7. The van der Waals surface area contributed by atoms with Gasteiger partial charge in [0.15, 0.2) is 0 Å². The van der Waals surface area contributed by atoms with Crippen LogP contribution in [0, 0.1) is 12.8 Å². The summed E-state index contributed by atoms with van der Waals surface area (Å²) in [5.41, 5.74) is 0. The van der Waals surface area contributed by atoms with Crippen molar-refractivity contribution >= 4 is 21.4 Å². The lowest BCUT2D eigenvalue weighted by Gasteiger charge is -2.16. The molecule has 1 unspecified atom stereocenters. The highest BCUT2D eigenvalue weighted by molar-refractivity contribution is 7.91. The Morgan fingerprint density at radius 3 is 2.27 bits per heavy atom. The number of nitrogens with one attached hydrogen (secondary N) is 1. The van der Waals surface area contributed by atoms with E-state index in [1.54, 1.807) is 6.07 Å². The Hall–Kier alpha value is -0.390. The molecule has 3 nitrogen and oxygen atoms in total. The van der Waals surface area contributed by atoms with E-state index in [9.17, 15) is 8.42 Å². The van der Waals surface area contributed by atoms with Gasteiger partial charge < -0.3 is 0 Å². The number of hydrogen-bond donors (Lipinski definition) is 1. The van der Waals surface area contributed by atoms with Gasteiger partial charge in [-0.3, -0.25) is 0 Å². The van der Waals surface area contributed by atoms with E-state index in [0.717, 1.165) is 4.88 Å². The maximum atomic E-state index is 11.9. The lowest BCUT2D eigenvalue weighted by molar-refractivity contribution is 0.477. The molecular weight excluding hydrogens is 230 g/mol. The molecule has 1 atom stereocenters. The zero-order valence-electron chi connectivity index (χ0n) is 9.44. The normalized spacial score (nSPS) is 14.5. The maximum absolute atomic E-state index is 11.9. The van der Waals surface area contributed by atoms with Crippen molar-refractivity contribution in [2.75, 3.05) is 0 Å². The minimum absolute atomic E-state index is 0.0441. The summed E-state index contributed by atoms with van der Waals surface area (Å²) in [4.78, 5) is 1.01. The molecule has 5 heteroatoms. The summed E-state index contributed by atoms with van der Waals surface area (Å²) in [5.74, 6) is 0.292. The summed E-state index contributed by atoms with van der Waals surface area (Å²) in [7, 11) is -3.32. The first-order valence-electron chi connectivity index (χ1n) is 4.91. The van der Waals surface area contributed by atoms with Gasteiger partial charge in [0.1, 0.15) is 4.21 Å².